The summed E-state index contributed by atoms with van der Waals surface area (Å²) < 4.78 is 5.51. The van der Waals surface area contributed by atoms with Crippen LogP contribution in [0.4, 0.5) is 0 Å². The molecule has 15 heavy (non-hydrogen) atoms. The van der Waals surface area contributed by atoms with E-state index in [1.54, 1.807) is 0 Å². The molecule has 0 radical (unpaired) electrons. The quantitative estimate of drug-likeness (QED) is 0.534. The van der Waals surface area contributed by atoms with Crippen molar-refractivity contribution in [2.45, 2.75) is 62.8 Å². The summed E-state index contributed by atoms with van der Waals surface area (Å²) in [5.74, 6) is 0. The van der Waals surface area contributed by atoms with Crippen molar-refractivity contribution in [3.63, 3.8) is 0 Å². The lowest BCUT2D eigenvalue weighted by molar-refractivity contribution is 0.0491. The predicted molar refractivity (Wildman–Crippen MR) is 69.1 cm³/mol. The molecule has 0 aromatic rings. The summed E-state index contributed by atoms with van der Waals surface area (Å²) in [4.78, 5) is 8.97. The molecule has 0 aliphatic rings. The van der Waals surface area contributed by atoms with Gasteiger partial charge in [0.2, 0.25) is 0 Å². The topological polar surface area (TPSA) is 29.5 Å². The van der Waals surface area contributed by atoms with E-state index in [1.165, 1.54) is 0 Å². The maximum Gasteiger partial charge on any atom is 0.152 e. The van der Waals surface area contributed by atoms with E-state index >= 15 is 0 Å². The number of alkyl halides is 2. The summed E-state index contributed by atoms with van der Waals surface area (Å²) in [6.45, 7) is 5.97. The smallest absolute Gasteiger partial charge is 0.152 e. The summed E-state index contributed by atoms with van der Waals surface area (Å²) in [6, 6.07) is 0. The van der Waals surface area contributed by atoms with E-state index in [9.17, 15) is 0 Å². The fourth-order valence-corrected chi connectivity index (χ4v) is 3.02. The molecule has 0 saturated carbocycles. The van der Waals surface area contributed by atoms with Crippen LogP contribution in [0.1, 0.15) is 46.5 Å². The van der Waals surface area contributed by atoms with Gasteiger partial charge in [0.25, 0.3) is 0 Å². The van der Waals surface area contributed by atoms with Crippen molar-refractivity contribution in [1.29, 1.82) is 0 Å². The molecule has 0 fully saturated rings. The van der Waals surface area contributed by atoms with Crippen LogP contribution in [0.15, 0.2) is 0 Å². The highest BCUT2D eigenvalue weighted by Crippen LogP contribution is 2.36. The summed E-state index contributed by atoms with van der Waals surface area (Å²) >= 11 is 12.0. The summed E-state index contributed by atoms with van der Waals surface area (Å²) in [7, 11) is -0.499. The zero-order chi connectivity index (χ0) is 11.9. The van der Waals surface area contributed by atoms with Gasteiger partial charge in [0.1, 0.15) is 0 Å². The Bertz CT molecular complexity index is 148. The first-order chi connectivity index (χ1) is 6.95. The second-order valence-electron chi connectivity index (χ2n) is 4.10. The predicted octanol–water partition coefficient (Wildman–Crippen LogP) is 4.08. The van der Waals surface area contributed by atoms with Gasteiger partial charge in [0.05, 0.1) is 5.60 Å². The summed E-state index contributed by atoms with van der Waals surface area (Å²) in [6.07, 6.45) is 3.34. The van der Waals surface area contributed by atoms with Crippen LogP contribution in [-0.4, -0.2) is 21.2 Å². The second kappa shape index (κ2) is 8.08. The lowest BCUT2D eigenvalue weighted by Crippen LogP contribution is -2.35. The van der Waals surface area contributed by atoms with Crippen molar-refractivity contribution in [3.05, 3.63) is 0 Å². The Balaban J connectivity index is 4.55. The molecule has 0 heterocycles. The van der Waals surface area contributed by atoms with Gasteiger partial charge >= 0.3 is 0 Å². The molecule has 5 heteroatoms. The third kappa shape index (κ3) is 6.97. The van der Waals surface area contributed by atoms with E-state index in [0.717, 1.165) is 25.7 Å². The average Bonchev–Trinajstić information content (AvgIpc) is 2.01. The molecule has 92 valence electrons. The SMILES string of the molecule is CCCC(CC(C)Cl)(CC(C)Cl)OPO. The van der Waals surface area contributed by atoms with Crippen molar-refractivity contribution in [2.24, 2.45) is 0 Å². The van der Waals surface area contributed by atoms with Gasteiger partial charge in [-0.25, -0.2) is 0 Å². The minimum Gasteiger partial charge on any atom is -0.352 e. The van der Waals surface area contributed by atoms with Gasteiger partial charge in [-0.2, -0.15) is 0 Å². The first-order valence-electron chi connectivity index (χ1n) is 5.31. The summed E-state index contributed by atoms with van der Waals surface area (Å²) in [5.41, 5.74) is -0.357. The fraction of sp³-hybridized carbons (Fsp3) is 1.00. The highest BCUT2D eigenvalue weighted by Gasteiger charge is 2.33. The molecule has 3 unspecified atom stereocenters. The zero-order valence-corrected chi connectivity index (χ0v) is 12.1. The Kier molecular flexibility index (Phi) is 8.59. The van der Waals surface area contributed by atoms with E-state index < -0.39 is 9.03 Å². The van der Waals surface area contributed by atoms with Crippen molar-refractivity contribution in [2.75, 3.05) is 0 Å². The minimum absolute atomic E-state index is 0.0308. The molecule has 0 aliphatic carbocycles. The molecule has 0 bridgehead atoms. The van der Waals surface area contributed by atoms with E-state index in [0.29, 0.717) is 0 Å². The maximum absolute atomic E-state index is 8.97. The van der Waals surface area contributed by atoms with Gasteiger partial charge in [0.15, 0.2) is 9.03 Å². The maximum atomic E-state index is 8.97. The third-order valence-electron chi connectivity index (χ3n) is 2.27. The number of rotatable bonds is 8. The van der Waals surface area contributed by atoms with Gasteiger partial charge in [-0.1, -0.05) is 13.3 Å². The Labute approximate surface area is 105 Å². The lowest BCUT2D eigenvalue weighted by atomic mass is 9.88. The number of hydrogen-bond acceptors (Lipinski definition) is 2. The van der Waals surface area contributed by atoms with E-state index in [2.05, 4.69) is 6.92 Å². The van der Waals surface area contributed by atoms with Crippen LogP contribution in [0.2, 0.25) is 0 Å². The molecule has 2 nitrogen and oxygen atoms in total. The van der Waals surface area contributed by atoms with Gasteiger partial charge in [-0.3, -0.25) is 0 Å². The summed E-state index contributed by atoms with van der Waals surface area (Å²) in [5, 5.41) is 0.0617. The van der Waals surface area contributed by atoms with Crippen LogP contribution in [0.5, 0.6) is 0 Å². The van der Waals surface area contributed by atoms with Crippen LogP contribution < -0.4 is 0 Å². The van der Waals surface area contributed by atoms with E-state index in [1.807, 2.05) is 13.8 Å². The first kappa shape index (κ1) is 15.9. The van der Waals surface area contributed by atoms with E-state index in [4.69, 9.17) is 32.6 Å². The van der Waals surface area contributed by atoms with Crippen LogP contribution in [0.25, 0.3) is 0 Å². The second-order valence-corrected chi connectivity index (χ2v) is 5.97. The largest absolute Gasteiger partial charge is 0.352 e. The Morgan fingerprint density at radius 1 is 1.27 bits per heavy atom. The molecule has 0 amide bonds. The molecule has 0 saturated heterocycles. The highest BCUT2D eigenvalue weighted by molar-refractivity contribution is 7.25. The number of hydrogen-bond donors (Lipinski definition) is 1. The number of halogens is 2. The zero-order valence-electron chi connectivity index (χ0n) is 9.59. The van der Waals surface area contributed by atoms with Crippen molar-refractivity contribution < 1.29 is 9.42 Å². The van der Waals surface area contributed by atoms with Crippen LogP contribution >= 0.6 is 32.2 Å². The van der Waals surface area contributed by atoms with E-state index in [-0.39, 0.29) is 16.4 Å². The van der Waals surface area contributed by atoms with Gasteiger partial charge in [0, 0.05) is 10.8 Å². The van der Waals surface area contributed by atoms with Crippen molar-refractivity contribution in [1.82, 2.24) is 0 Å². The molecule has 0 spiro atoms. The molecular formula is C10H21Cl2O2P. The van der Waals surface area contributed by atoms with Gasteiger partial charge in [-0.05, 0) is 33.1 Å². The fourth-order valence-electron chi connectivity index (χ4n) is 2.00. The minimum atomic E-state index is -0.499. The third-order valence-corrected chi connectivity index (χ3v) is 3.11. The molecule has 3 atom stereocenters. The van der Waals surface area contributed by atoms with Crippen molar-refractivity contribution in [3.8, 4) is 0 Å². The Morgan fingerprint density at radius 2 is 1.73 bits per heavy atom. The standard InChI is InChI=1S/C10H21Cl2O2P/c1-4-5-10(14-15-13,6-8(2)11)7-9(3)12/h8-9,13,15H,4-7H2,1-3H3. The van der Waals surface area contributed by atoms with Crippen molar-refractivity contribution >= 4 is 32.2 Å². The molecule has 0 rings (SSSR count). The van der Waals surface area contributed by atoms with Gasteiger partial charge < -0.3 is 9.42 Å². The van der Waals surface area contributed by atoms with Crippen LogP contribution in [0.3, 0.4) is 0 Å². The molecule has 1 N–H and O–H groups in total. The van der Waals surface area contributed by atoms with Crippen LogP contribution in [0, 0.1) is 0 Å². The molecular weight excluding hydrogens is 254 g/mol. The Hall–Kier alpha value is 0.930. The van der Waals surface area contributed by atoms with Crippen LogP contribution in [-0.2, 0) is 4.52 Å². The van der Waals surface area contributed by atoms with Gasteiger partial charge in [-0.15, -0.1) is 23.2 Å². The Morgan fingerprint density at radius 3 is 2.00 bits per heavy atom. The lowest BCUT2D eigenvalue weighted by Gasteiger charge is -2.34. The normalized spacial score (nSPS) is 20.4. The first-order valence-corrected chi connectivity index (χ1v) is 7.04. The average molecular weight is 275 g/mol. The monoisotopic (exact) mass is 274 g/mol. The molecule has 0 aliphatic heterocycles. The highest BCUT2D eigenvalue weighted by atomic mass is 35.5. The molecule has 0 aromatic heterocycles. The molecule has 0 aromatic carbocycles.